The molecule has 1 aromatic carbocycles. The van der Waals surface area contributed by atoms with E-state index in [2.05, 4.69) is 4.98 Å². The van der Waals surface area contributed by atoms with Gasteiger partial charge in [-0.1, -0.05) is 12.1 Å². The average Bonchev–Trinajstić information content (AvgIpc) is 3.07. The topological polar surface area (TPSA) is 83.0 Å². The van der Waals surface area contributed by atoms with Crippen molar-refractivity contribution in [3.63, 3.8) is 0 Å². The van der Waals surface area contributed by atoms with Crippen molar-refractivity contribution in [1.82, 2.24) is 9.88 Å². The molecular weight excluding hydrogens is 310 g/mol. The Morgan fingerprint density at radius 3 is 2.79 bits per heavy atom. The molecule has 0 saturated carbocycles. The molecule has 122 valence electrons. The largest absolute Gasteiger partial charge is 0.439 e. The predicted octanol–water partition coefficient (Wildman–Crippen LogP) is 1.78. The molecule has 2 aliphatic rings. The highest BCUT2D eigenvalue weighted by Gasteiger charge is 2.50. The first-order valence-corrected chi connectivity index (χ1v) is 7.65. The summed E-state index contributed by atoms with van der Waals surface area (Å²) in [5.74, 6) is 0.600. The summed E-state index contributed by atoms with van der Waals surface area (Å²) in [5, 5.41) is 9.64. The van der Waals surface area contributed by atoms with E-state index in [1.165, 1.54) is 4.90 Å². The summed E-state index contributed by atoms with van der Waals surface area (Å²) >= 11 is 0. The number of nitrogens with zero attached hydrogens (tertiary/aromatic N) is 3. The van der Waals surface area contributed by atoms with Crippen LogP contribution in [0, 0.1) is 0 Å². The van der Waals surface area contributed by atoms with E-state index in [9.17, 15) is 14.7 Å². The molecule has 1 N–H and O–H groups in total. The zero-order valence-corrected chi connectivity index (χ0v) is 12.7. The number of urea groups is 1. The Hall–Kier alpha value is -2.93. The van der Waals surface area contributed by atoms with Crippen molar-refractivity contribution in [1.29, 1.82) is 0 Å². The van der Waals surface area contributed by atoms with Crippen LogP contribution in [0.5, 0.6) is 11.6 Å². The van der Waals surface area contributed by atoms with Gasteiger partial charge in [-0.25, -0.2) is 14.7 Å². The molecule has 2 saturated heterocycles. The van der Waals surface area contributed by atoms with Crippen molar-refractivity contribution < 1.29 is 19.4 Å². The zero-order chi connectivity index (χ0) is 16.7. The maximum atomic E-state index is 12.5. The number of rotatable bonds is 3. The number of ether oxygens (including phenoxy) is 1. The summed E-state index contributed by atoms with van der Waals surface area (Å²) in [4.78, 5) is 31.6. The van der Waals surface area contributed by atoms with E-state index in [1.807, 2.05) is 0 Å². The Morgan fingerprint density at radius 2 is 2.04 bits per heavy atom. The summed E-state index contributed by atoms with van der Waals surface area (Å²) in [6.45, 7) is 0.190. The third-order valence-electron chi connectivity index (χ3n) is 4.16. The third kappa shape index (κ3) is 2.39. The molecule has 4 rings (SSSR count). The van der Waals surface area contributed by atoms with E-state index in [1.54, 1.807) is 48.7 Å². The first-order chi connectivity index (χ1) is 11.6. The van der Waals surface area contributed by atoms with Gasteiger partial charge in [0.2, 0.25) is 5.88 Å². The molecule has 2 fully saturated rings. The fourth-order valence-electron chi connectivity index (χ4n) is 3.08. The van der Waals surface area contributed by atoms with Crippen LogP contribution >= 0.6 is 0 Å². The molecule has 0 radical (unpaired) electrons. The number of pyridine rings is 1. The van der Waals surface area contributed by atoms with Gasteiger partial charge >= 0.3 is 6.03 Å². The van der Waals surface area contributed by atoms with Crippen LogP contribution in [0.25, 0.3) is 0 Å². The maximum absolute atomic E-state index is 12.5. The molecule has 7 nitrogen and oxygen atoms in total. The lowest BCUT2D eigenvalue weighted by Gasteiger charge is -2.17. The second-order valence-corrected chi connectivity index (χ2v) is 5.78. The number of anilines is 1. The minimum absolute atomic E-state index is 0.190. The number of amides is 3. The Morgan fingerprint density at radius 1 is 1.17 bits per heavy atom. The highest BCUT2D eigenvalue weighted by Crippen LogP contribution is 2.33. The van der Waals surface area contributed by atoms with Gasteiger partial charge in [0.1, 0.15) is 11.8 Å². The van der Waals surface area contributed by atoms with Crippen LogP contribution in [-0.4, -0.2) is 45.6 Å². The van der Waals surface area contributed by atoms with E-state index in [0.717, 1.165) is 4.90 Å². The fourth-order valence-corrected chi connectivity index (χ4v) is 3.08. The number of hydrogen-bond donors (Lipinski definition) is 1. The van der Waals surface area contributed by atoms with E-state index in [0.29, 0.717) is 17.3 Å². The molecule has 2 aliphatic heterocycles. The highest BCUT2D eigenvalue weighted by atomic mass is 16.5. The van der Waals surface area contributed by atoms with Gasteiger partial charge in [-0.3, -0.25) is 4.79 Å². The van der Waals surface area contributed by atoms with Crippen LogP contribution in [0.2, 0.25) is 0 Å². The van der Waals surface area contributed by atoms with Gasteiger partial charge < -0.3 is 14.7 Å². The normalized spacial score (nSPS) is 22.9. The number of aromatic nitrogens is 1. The van der Waals surface area contributed by atoms with Crippen LogP contribution in [0.3, 0.4) is 0 Å². The van der Waals surface area contributed by atoms with Crippen molar-refractivity contribution in [3.05, 3.63) is 48.7 Å². The molecule has 0 bridgehead atoms. The maximum Gasteiger partial charge on any atom is 0.332 e. The van der Waals surface area contributed by atoms with Crippen molar-refractivity contribution in [3.8, 4) is 11.6 Å². The number of aliphatic hydroxyl groups is 1. The molecule has 0 aliphatic carbocycles. The third-order valence-corrected chi connectivity index (χ3v) is 4.16. The van der Waals surface area contributed by atoms with Crippen molar-refractivity contribution in [2.24, 2.45) is 0 Å². The fraction of sp³-hybridized carbons (Fsp3) is 0.235. The van der Waals surface area contributed by atoms with Gasteiger partial charge in [0.05, 0.1) is 11.8 Å². The van der Waals surface area contributed by atoms with Gasteiger partial charge in [0.25, 0.3) is 5.91 Å². The van der Waals surface area contributed by atoms with E-state index in [4.69, 9.17) is 4.74 Å². The van der Waals surface area contributed by atoms with E-state index in [-0.39, 0.29) is 18.9 Å². The van der Waals surface area contributed by atoms with Gasteiger partial charge in [0, 0.05) is 31.3 Å². The molecule has 2 atom stereocenters. The summed E-state index contributed by atoms with van der Waals surface area (Å²) in [6, 6.07) is 11.1. The van der Waals surface area contributed by atoms with Crippen LogP contribution in [0.4, 0.5) is 10.5 Å². The number of carbonyl (C=O) groups excluding carboxylic acids is 2. The molecule has 7 heteroatoms. The first kappa shape index (κ1) is 14.6. The first-order valence-electron chi connectivity index (χ1n) is 7.65. The average molecular weight is 325 g/mol. The lowest BCUT2D eigenvalue weighted by molar-refractivity contribution is -0.119. The van der Waals surface area contributed by atoms with Gasteiger partial charge in [0.15, 0.2) is 0 Å². The summed E-state index contributed by atoms with van der Waals surface area (Å²) in [5.41, 5.74) is 0.447. The second kappa shape index (κ2) is 5.61. The molecule has 1 aromatic heterocycles. The smallest absolute Gasteiger partial charge is 0.332 e. The summed E-state index contributed by atoms with van der Waals surface area (Å²) in [6.07, 6.45) is 1.27. The lowest BCUT2D eigenvalue weighted by Crippen LogP contribution is -2.35. The quantitative estimate of drug-likeness (QED) is 0.870. The summed E-state index contributed by atoms with van der Waals surface area (Å²) in [7, 11) is 0. The SMILES string of the molecule is O=C1[C@@H]2C[C@@H](O)CN2C(=O)N1c1cccc(Oc2ccccn2)c1. The van der Waals surface area contributed by atoms with Crippen LogP contribution in [-0.2, 0) is 4.79 Å². The number of carbonyl (C=O) groups is 2. The Kier molecular flexibility index (Phi) is 3.42. The van der Waals surface area contributed by atoms with Crippen LogP contribution in [0.1, 0.15) is 6.42 Å². The minimum atomic E-state index is -0.635. The zero-order valence-electron chi connectivity index (χ0n) is 12.7. The molecular formula is C17H15N3O4. The van der Waals surface area contributed by atoms with Gasteiger partial charge in [-0.15, -0.1) is 0 Å². The second-order valence-electron chi connectivity index (χ2n) is 5.78. The number of aliphatic hydroxyl groups excluding tert-OH is 1. The Bertz CT molecular complexity index is 771. The molecule has 0 unspecified atom stereocenters. The predicted molar refractivity (Wildman–Crippen MR) is 84.8 cm³/mol. The number of fused-ring (bicyclic) bond motifs is 1. The number of benzene rings is 1. The highest BCUT2D eigenvalue weighted by molar-refractivity contribution is 6.21. The van der Waals surface area contributed by atoms with Gasteiger partial charge in [-0.05, 0) is 18.2 Å². The summed E-state index contributed by atoms with van der Waals surface area (Å²) < 4.78 is 5.65. The monoisotopic (exact) mass is 325 g/mol. The molecule has 2 aromatic rings. The van der Waals surface area contributed by atoms with Crippen molar-refractivity contribution >= 4 is 17.6 Å². The number of hydrogen-bond acceptors (Lipinski definition) is 5. The van der Waals surface area contributed by atoms with Crippen molar-refractivity contribution in [2.75, 3.05) is 11.4 Å². The van der Waals surface area contributed by atoms with E-state index < -0.39 is 18.2 Å². The molecule has 0 spiro atoms. The van der Waals surface area contributed by atoms with Gasteiger partial charge in [-0.2, -0.15) is 0 Å². The Labute approximate surface area is 138 Å². The number of imide groups is 1. The van der Waals surface area contributed by atoms with E-state index >= 15 is 0 Å². The molecule has 24 heavy (non-hydrogen) atoms. The Balaban J connectivity index is 1.60. The van der Waals surface area contributed by atoms with Crippen LogP contribution in [0.15, 0.2) is 48.7 Å². The molecule has 3 amide bonds. The van der Waals surface area contributed by atoms with Crippen LogP contribution < -0.4 is 9.64 Å². The standard InChI is InChI=1S/C17H15N3O4/c21-12-9-14-16(22)20(17(23)19(14)10-12)11-4-3-5-13(8-11)24-15-6-1-2-7-18-15/h1-8,12,14,21H,9-10H2/t12-,14+/m1/s1. The minimum Gasteiger partial charge on any atom is -0.439 e. The molecule has 3 heterocycles. The lowest BCUT2D eigenvalue weighted by atomic mass is 10.2. The van der Waals surface area contributed by atoms with Crippen molar-refractivity contribution in [2.45, 2.75) is 18.6 Å².